The average molecular weight is 463 g/mol. The normalized spacial score (nSPS) is 12.0. The van der Waals surface area contributed by atoms with Crippen LogP contribution >= 0.6 is 22.9 Å². The minimum atomic E-state index is -0.467. The molecule has 160 valence electrons. The monoisotopic (exact) mass is 462 g/mol. The van der Waals surface area contributed by atoms with Crippen molar-refractivity contribution in [1.29, 1.82) is 0 Å². The van der Waals surface area contributed by atoms with Gasteiger partial charge < -0.3 is 9.13 Å². The van der Waals surface area contributed by atoms with Crippen molar-refractivity contribution >= 4 is 39.4 Å². The van der Waals surface area contributed by atoms with E-state index in [1.807, 2.05) is 12.5 Å². The van der Waals surface area contributed by atoms with Gasteiger partial charge in [0.15, 0.2) is 4.80 Å². The van der Waals surface area contributed by atoms with Crippen LogP contribution in [0.5, 0.6) is 0 Å². The Morgan fingerprint density at radius 3 is 2.75 bits per heavy atom. The van der Waals surface area contributed by atoms with E-state index >= 15 is 0 Å². The minimum absolute atomic E-state index is 0.0970. The summed E-state index contributed by atoms with van der Waals surface area (Å²) in [6, 6.07) is 19.4. The van der Waals surface area contributed by atoms with Crippen LogP contribution in [0, 0.1) is 5.82 Å². The Kier molecular flexibility index (Phi) is 5.88. The minimum Gasteiger partial charge on any atom is -0.337 e. The third-order valence-corrected chi connectivity index (χ3v) is 6.52. The molecule has 3 aromatic carbocycles. The van der Waals surface area contributed by atoms with Gasteiger partial charge in [0.05, 0.1) is 22.7 Å². The van der Waals surface area contributed by atoms with E-state index in [0.29, 0.717) is 5.69 Å². The first-order valence-electron chi connectivity index (χ1n) is 10.3. The second kappa shape index (κ2) is 9.10. The largest absolute Gasteiger partial charge is 0.337 e. The van der Waals surface area contributed by atoms with Gasteiger partial charge in [0.25, 0.3) is 0 Å². The van der Waals surface area contributed by atoms with Gasteiger partial charge in [-0.2, -0.15) is 0 Å². The fourth-order valence-corrected chi connectivity index (χ4v) is 4.86. The first-order valence-corrected chi connectivity index (χ1v) is 11.6. The lowest BCUT2D eigenvalue weighted by atomic mass is 10.0. The van der Waals surface area contributed by atoms with E-state index < -0.39 is 5.82 Å². The van der Waals surface area contributed by atoms with Crippen molar-refractivity contribution in [3.05, 3.63) is 100 Å². The predicted octanol–water partition coefficient (Wildman–Crippen LogP) is 6.68. The predicted molar refractivity (Wildman–Crippen MR) is 129 cm³/mol. The first kappa shape index (κ1) is 20.7. The highest BCUT2D eigenvalue weighted by atomic mass is 35.5. The molecule has 5 aromatic rings. The van der Waals surface area contributed by atoms with Gasteiger partial charge in [0.1, 0.15) is 5.82 Å². The highest BCUT2D eigenvalue weighted by Crippen LogP contribution is 2.29. The molecule has 4 nitrogen and oxygen atoms in total. The quantitative estimate of drug-likeness (QED) is 0.277. The SMILES string of the molecule is Fc1cc(N=c2scc(-c3cccc4ccccc34)n2CCCn2ccnc2)ccc1Cl. The Labute approximate surface area is 193 Å². The van der Waals surface area contributed by atoms with Gasteiger partial charge in [-0.25, -0.2) is 14.4 Å². The Hall–Kier alpha value is -3.22. The fraction of sp³-hybridized carbons (Fsp3) is 0.120. The lowest BCUT2D eigenvalue weighted by Gasteiger charge is -2.12. The molecule has 2 heterocycles. The van der Waals surface area contributed by atoms with Crippen molar-refractivity contribution in [3.63, 3.8) is 0 Å². The fourth-order valence-electron chi connectivity index (χ4n) is 3.79. The van der Waals surface area contributed by atoms with E-state index in [2.05, 4.69) is 62.0 Å². The molecule has 32 heavy (non-hydrogen) atoms. The van der Waals surface area contributed by atoms with Gasteiger partial charge in [-0.05, 0) is 29.3 Å². The maximum absolute atomic E-state index is 14.0. The molecule has 0 spiro atoms. The topological polar surface area (TPSA) is 35.1 Å². The Balaban J connectivity index is 1.60. The van der Waals surface area contributed by atoms with Crippen LogP contribution in [0.25, 0.3) is 22.0 Å². The lowest BCUT2D eigenvalue weighted by molar-refractivity contribution is 0.559. The van der Waals surface area contributed by atoms with Crippen LogP contribution in [0.3, 0.4) is 0 Å². The molecule has 0 radical (unpaired) electrons. The zero-order valence-electron chi connectivity index (χ0n) is 17.2. The third-order valence-electron chi connectivity index (χ3n) is 5.35. The molecule has 0 aliphatic carbocycles. The van der Waals surface area contributed by atoms with Gasteiger partial charge in [-0.15, -0.1) is 11.3 Å². The molecule has 0 aliphatic rings. The molecule has 0 unspecified atom stereocenters. The maximum Gasteiger partial charge on any atom is 0.190 e. The number of hydrogen-bond donors (Lipinski definition) is 0. The van der Waals surface area contributed by atoms with E-state index in [0.717, 1.165) is 35.6 Å². The molecule has 0 saturated heterocycles. The van der Waals surface area contributed by atoms with Crippen LogP contribution < -0.4 is 4.80 Å². The number of imidazole rings is 1. The standard InChI is InChI=1S/C25H20ClFN4S/c26-22-10-9-19(15-23(22)27)29-25-31(13-4-12-30-14-11-28-17-30)24(16-32-25)21-8-3-6-18-5-1-2-7-20(18)21/h1-3,5-11,14-17H,4,12-13H2. The summed E-state index contributed by atoms with van der Waals surface area (Å²) in [5.74, 6) is -0.467. The van der Waals surface area contributed by atoms with Crippen LogP contribution in [0.15, 0.2) is 89.8 Å². The van der Waals surface area contributed by atoms with E-state index in [-0.39, 0.29) is 5.02 Å². The van der Waals surface area contributed by atoms with Crippen LogP contribution in [-0.4, -0.2) is 14.1 Å². The first-order chi connectivity index (χ1) is 15.7. The molecule has 0 amide bonds. The molecule has 0 atom stereocenters. The lowest BCUT2D eigenvalue weighted by Crippen LogP contribution is -2.17. The molecule has 0 fully saturated rings. The van der Waals surface area contributed by atoms with Crippen LogP contribution in [0.2, 0.25) is 5.02 Å². The van der Waals surface area contributed by atoms with Gasteiger partial charge in [0.2, 0.25) is 0 Å². The molecule has 0 bridgehead atoms. The molecule has 5 rings (SSSR count). The summed E-state index contributed by atoms with van der Waals surface area (Å²) in [6.45, 7) is 1.63. The summed E-state index contributed by atoms with van der Waals surface area (Å²) in [4.78, 5) is 9.69. The number of rotatable bonds is 6. The molecular weight excluding hydrogens is 443 g/mol. The number of nitrogens with zero attached hydrogens (tertiary/aromatic N) is 4. The van der Waals surface area contributed by atoms with Crippen LogP contribution in [0.4, 0.5) is 10.1 Å². The summed E-state index contributed by atoms with van der Waals surface area (Å²) in [7, 11) is 0. The number of fused-ring (bicyclic) bond motifs is 1. The highest BCUT2D eigenvalue weighted by molar-refractivity contribution is 7.07. The zero-order valence-corrected chi connectivity index (χ0v) is 18.7. The summed E-state index contributed by atoms with van der Waals surface area (Å²) < 4.78 is 18.3. The van der Waals surface area contributed by atoms with E-state index in [1.54, 1.807) is 29.7 Å². The molecular formula is C25H20ClFN4S. The van der Waals surface area contributed by atoms with Crippen molar-refractivity contribution in [3.8, 4) is 11.3 Å². The number of benzene rings is 3. The van der Waals surface area contributed by atoms with Crippen molar-refractivity contribution in [1.82, 2.24) is 14.1 Å². The number of aryl methyl sites for hydroxylation is 1. The van der Waals surface area contributed by atoms with Gasteiger partial charge >= 0.3 is 0 Å². The van der Waals surface area contributed by atoms with Gasteiger partial charge in [-0.3, -0.25) is 0 Å². The average Bonchev–Trinajstić information content (AvgIpc) is 3.46. The second-order valence-corrected chi connectivity index (χ2v) is 8.69. The zero-order chi connectivity index (χ0) is 21.9. The number of halogens is 2. The Morgan fingerprint density at radius 1 is 1.03 bits per heavy atom. The van der Waals surface area contributed by atoms with E-state index in [9.17, 15) is 4.39 Å². The summed E-state index contributed by atoms with van der Waals surface area (Å²) in [5, 5.41) is 4.61. The van der Waals surface area contributed by atoms with Crippen molar-refractivity contribution in [2.75, 3.05) is 0 Å². The van der Waals surface area contributed by atoms with Crippen LogP contribution in [0.1, 0.15) is 6.42 Å². The summed E-state index contributed by atoms with van der Waals surface area (Å²) >= 11 is 7.40. The van der Waals surface area contributed by atoms with Gasteiger partial charge in [-0.1, -0.05) is 54.1 Å². The molecule has 2 aromatic heterocycles. The number of thiazole rings is 1. The van der Waals surface area contributed by atoms with E-state index in [1.165, 1.54) is 16.8 Å². The molecule has 0 aliphatic heterocycles. The molecule has 0 saturated carbocycles. The van der Waals surface area contributed by atoms with Crippen LogP contribution in [-0.2, 0) is 13.1 Å². The van der Waals surface area contributed by atoms with Gasteiger partial charge in [0, 0.05) is 42.5 Å². The highest BCUT2D eigenvalue weighted by Gasteiger charge is 2.12. The number of hydrogen-bond acceptors (Lipinski definition) is 3. The van der Waals surface area contributed by atoms with E-state index in [4.69, 9.17) is 16.6 Å². The third kappa shape index (κ3) is 4.24. The van der Waals surface area contributed by atoms with Crippen molar-refractivity contribution in [2.45, 2.75) is 19.5 Å². The maximum atomic E-state index is 14.0. The Bertz CT molecular complexity index is 1430. The number of aromatic nitrogens is 3. The Morgan fingerprint density at radius 2 is 1.91 bits per heavy atom. The smallest absolute Gasteiger partial charge is 0.190 e. The van der Waals surface area contributed by atoms with Crippen molar-refractivity contribution < 1.29 is 4.39 Å². The second-order valence-electron chi connectivity index (χ2n) is 7.45. The summed E-state index contributed by atoms with van der Waals surface area (Å²) in [5.41, 5.74) is 2.80. The summed E-state index contributed by atoms with van der Waals surface area (Å²) in [6.07, 6.45) is 6.49. The van der Waals surface area contributed by atoms with Crippen molar-refractivity contribution in [2.24, 2.45) is 4.99 Å². The molecule has 7 heteroatoms. The molecule has 0 N–H and O–H groups in total.